The van der Waals surface area contributed by atoms with Crippen LogP contribution in [0.3, 0.4) is 0 Å². The molecule has 0 saturated carbocycles. The van der Waals surface area contributed by atoms with Crippen LogP contribution in [0, 0.1) is 19.7 Å². The van der Waals surface area contributed by atoms with Crippen LogP contribution in [0.15, 0.2) is 42.5 Å². The van der Waals surface area contributed by atoms with Gasteiger partial charge >= 0.3 is 0 Å². The van der Waals surface area contributed by atoms with E-state index < -0.39 is 0 Å². The van der Waals surface area contributed by atoms with Crippen molar-refractivity contribution >= 4 is 5.91 Å². The Bertz CT molecular complexity index is 723. The minimum atomic E-state index is -0.213. The van der Waals surface area contributed by atoms with Crippen molar-refractivity contribution in [3.63, 3.8) is 0 Å². The number of hydrogen-bond donors (Lipinski definition) is 0. The van der Waals surface area contributed by atoms with Crippen molar-refractivity contribution in [2.45, 2.75) is 39.0 Å². The number of benzene rings is 2. The van der Waals surface area contributed by atoms with Crippen LogP contribution < -0.4 is 0 Å². The van der Waals surface area contributed by atoms with E-state index in [0.717, 1.165) is 42.5 Å². The Morgan fingerprint density at radius 3 is 2.50 bits per heavy atom. The summed E-state index contributed by atoms with van der Waals surface area (Å²) in [7, 11) is 0. The summed E-state index contributed by atoms with van der Waals surface area (Å²) >= 11 is 0. The van der Waals surface area contributed by atoms with Gasteiger partial charge in [0.05, 0.1) is 0 Å². The van der Waals surface area contributed by atoms with Crippen LogP contribution in [0.5, 0.6) is 0 Å². The molecule has 3 rings (SSSR count). The maximum atomic E-state index is 13.2. The predicted octanol–water partition coefficient (Wildman–Crippen LogP) is 4.85. The topological polar surface area (TPSA) is 20.3 Å². The van der Waals surface area contributed by atoms with Crippen molar-refractivity contribution in [3.8, 4) is 0 Å². The summed E-state index contributed by atoms with van der Waals surface area (Å²) in [5.74, 6) is 0.172. The van der Waals surface area contributed by atoms with Crippen LogP contribution in [0.1, 0.15) is 52.2 Å². The number of carbonyl (C=O) groups is 1. The lowest BCUT2D eigenvalue weighted by Gasteiger charge is -2.25. The molecular weight excluding hydrogens is 301 g/mol. The summed E-state index contributed by atoms with van der Waals surface area (Å²) in [5.41, 5.74) is 4.23. The molecule has 2 aromatic rings. The Balaban J connectivity index is 1.80. The molecule has 1 atom stereocenters. The molecule has 126 valence electrons. The van der Waals surface area contributed by atoms with Crippen molar-refractivity contribution < 1.29 is 9.18 Å². The third kappa shape index (κ3) is 3.66. The number of carbonyl (C=O) groups excluding carboxylic acids is 1. The fraction of sp³-hybridized carbons (Fsp3) is 0.381. The summed E-state index contributed by atoms with van der Waals surface area (Å²) in [6, 6.07) is 12.6. The molecule has 2 aromatic carbocycles. The van der Waals surface area contributed by atoms with E-state index in [2.05, 4.69) is 6.92 Å². The zero-order valence-electron chi connectivity index (χ0n) is 14.4. The van der Waals surface area contributed by atoms with Crippen LogP contribution in [-0.2, 0) is 0 Å². The van der Waals surface area contributed by atoms with Crippen LogP contribution in [0.2, 0.25) is 0 Å². The number of likely N-dealkylation sites (tertiary alicyclic amines) is 1. The van der Waals surface area contributed by atoms with Gasteiger partial charge in [0.2, 0.25) is 0 Å². The largest absolute Gasteiger partial charge is 0.338 e. The van der Waals surface area contributed by atoms with Gasteiger partial charge in [0.25, 0.3) is 5.91 Å². The SMILES string of the molecule is Cc1ccc(C(=O)N2CCCCC(c3ccc(F)cc3)C2)cc1C. The molecule has 1 amide bonds. The third-order valence-corrected chi connectivity index (χ3v) is 5.05. The monoisotopic (exact) mass is 325 g/mol. The first-order chi connectivity index (χ1) is 11.5. The number of amides is 1. The maximum Gasteiger partial charge on any atom is 0.253 e. The summed E-state index contributed by atoms with van der Waals surface area (Å²) in [4.78, 5) is 14.9. The number of nitrogens with zero attached hydrogens (tertiary/aromatic N) is 1. The van der Waals surface area contributed by atoms with E-state index in [1.807, 2.05) is 42.2 Å². The maximum absolute atomic E-state index is 13.2. The van der Waals surface area contributed by atoms with E-state index in [9.17, 15) is 9.18 Å². The van der Waals surface area contributed by atoms with E-state index >= 15 is 0 Å². The molecule has 0 bridgehead atoms. The first kappa shape index (κ1) is 16.7. The standard InChI is InChI=1S/C21H24FNO/c1-15-6-7-18(13-16(15)2)21(24)23-12-4-3-5-19(14-23)17-8-10-20(22)11-9-17/h6-11,13,19H,3-5,12,14H2,1-2H3. The van der Waals surface area contributed by atoms with Gasteiger partial charge in [-0.25, -0.2) is 4.39 Å². The summed E-state index contributed by atoms with van der Waals surface area (Å²) in [6.07, 6.45) is 3.16. The lowest BCUT2D eigenvalue weighted by Crippen LogP contribution is -2.34. The highest BCUT2D eigenvalue weighted by molar-refractivity contribution is 5.94. The van der Waals surface area contributed by atoms with Crippen LogP contribution >= 0.6 is 0 Å². The second-order valence-corrected chi connectivity index (χ2v) is 6.79. The minimum Gasteiger partial charge on any atom is -0.338 e. The van der Waals surface area contributed by atoms with Crippen LogP contribution in [0.4, 0.5) is 4.39 Å². The van der Waals surface area contributed by atoms with Crippen LogP contribution in [0.25, 0.3) is 0 Å². The van der Waals surface area contributed by atoms with Crippen molar-refractivity contribution in [2.24, 2.45) is 0 Å². The van der Waals surface area contributed by atoms with Crippen molar-refractivity contribution in [2.75, 3.05) is 13.1 Å². The quantitative estimate of drug-likeness (QED) is 0.773. The molecule has 1 unspecified atom stereocenters. The first-order valence-electron chi connectivity index (χ1n) is 8.66. The van der Waals surface area contributed by atoms with Gasteiger partial charge in [-0.2, -0.15) is 0 Å². The molecule has 24 heavy (non-hydrogen) atoms. The van der Waals surface area contributed by atoms with Crippen molar-refractivity contribution in [1.29, 1.82) is 0 Å². The fourth-order valence-corrected chi connectivity index (χ4v) is 3.39. The van der Waals surface area contributed by atoms with E-state index in [0.29, 0.717) is 6.54 Å². The molecule has 0 N–H and O–H groups in total. The zero-order valence-corrected chi connectivity index (χ0v) is 14.4. The number of hydrogen-bond acceptors (Lipinski definition) is 1. The van der Waals surface area contributed by atoms with Gasteiger partial charge in [-0.3, -0.25) is 4.79 Å². The Labute approximate surface area is 143 Å². The van der Waals surface area contributed by atoms with Gasteiger partial charge in [0.15, 0.2) is 0 Å². The average molecular weight is 325 g/mol. The van der Waals surface area contributed by atoms with E-state index in [1.165, 1.54) is 17.7 Å². The minimum absolute atomic E-state index is 0.104. The molecule has 1 aliphatic heterocycles. The molecule has 2 nitrogen and oxygen atoms in total. The van der Waals surface area contributed by atoms with Crippen molar-refractivity contribution in [1.82, 2.24) is 4.90 Å². The molecule has 1 aliphatic rings. The molecular formula is C21H24FNO. The number of rotatable bonds is 2. The normalized spacial score (nSPS) is 18.3. The molecule has 1 heterocycles. The Hall–Kier alpha value is -2.16. The van der Waals surface area contributed by atoms with Gasteiger partial charge < -0.3 is 4.90 Å². The summed E-state index contributed by atoms with van der Waals surface area (Å²) in [5, 5.41) is 0. The van der Waals surface area contributed by atoms with E-state index in [4.69, 9.17) is 0 Å². The summed E-state index contributed by atoms with van der Waals surface area (Å²) < 4.78 is 13.2. The molecule has 0 aliphatic carbocycles. The van der Waals surface area contributed by atoms with Gasteiger partial charge in [0, 0.05) is 24.6 Å². The highest BCUT2D eigenvalue weighted by atomic mass is 19.1. The smallest absolute Gasteiger partial charge is 0.253 e. The van der Waals surface area contributed by atoms with Gasteiger partial charge in [-0.1, -0.05) is 24.6 Å². The molecule has 3 heteroatoms. The first-order valence-corrected chi connectivity index (χ1v) is 8.66. The molecule has 0 spiro atoms. The van der Waals surface area contributed by atoms with Crippen LogP contribution in [-0.4, -0.2) is 23.9 Å². The molecule has 1 saturated heterocycles. The third-order valence-electron chi connectivity index (χ3n) is 5.05. The highest BCUT2D eigenvalue weighted by Crippen LogP contribution is 2.27. The van der Waals surface area contributed by atoms with Gasteiger partial charge in [-0.15, -0.1) is 0 Å². The Morgan fingerprint density at radius 1 is 1.04 bits per heavy atom. The van der Waals surface area contributed by atoms with Gasteiger partial charge in [0.1, 0.15) is 5.82 Å². The number of aryl methyl sites for hydroxylation is 2. The average Bonchev–Trinajstić information content (AvgIpc) is 2.83. The molecule has 0 radical (unpaired) electrons. The van der Waals surface area contributed by atoms with E-state index in [-0.39, 0.29) is 17.6 Å². The summed E-state index contributed by atoms with van der Waals surface area (Å²) in [6.45, 7) is 5.59. The Kier molecular flexibility index (Phi) is 4.98. The molecule has 0 aromatic heterocycles. The zero-order chi connectivity index (χ0) is 17.1. The van der Waals surface area contributed by atoms with Gasteiger partial charge in [-0.05, 0) is 67.6 Å². The second-order valence-electron chi connectivity index (χ2n) is 6.79. The fourth-order valence-electron chi connectivity index (χ4n) is 3.39. The second kappa shape index (κ2) is 7.16. The van der Waals surface area contributed by atoms with E-state index in [1.54, 1.807) is 0 Å². The lowest BCUT2D eigenvalue weighted by atomic mass is 9.94. The van der Waals surface area contributed by atoms with Crippen molar-refractivity contribution in [3.05, 3.63) is 70.5 Å². The lowest BCUT2D eigenvalue weighted by molar-refractivity contribution is 0.0754. The predicted molar refractivity (Wildman–Crippen MR) is 94.8 cm³/mol. The highest BCUT2D eigenvalue weighted by Gasteiger charge is 2.24. The number of halogens is 1. The molecule has 1 fully saturated rings. The Morgan fingerprint density at radius 2 is 1.79 bits per heavy atom.